The highest BCUT2D eigenvalue weighted by atomic mass is 16.5. The number of para-hydroxylation sites is 1. The van der Waals surface area contributed by atoms with Gasteiger partial charge in [0.25, 0.3) is 0 Å². The third-order valence-electron chi connectivity index (χ3n) is 4.80. The Balaban J connectivity index is 1.56. The smallest absolute Gasteiger partial charge is 0.243 e. The first-order valence-corrected chi connectivity index (χ1v) is 8.09. The number of rotatable bonds is 3. The van der Waals surface area contributed by atoms with Crippen LogP contribution in [0.1, 0.15) is 49.0 Å². The number of anilines is 1. The summed E-state index contributed by atoms with van der Waals surface area (Å²) in [5.74, 6) is 2.19. The van der Waals surface area contributed by atoms with E-state index in [1.807, 2.05) is 0 Å². The van der Waals surface area contributed by atoms with Crippen LogP contribution in [0.4, 0.5) is 5.69 Å². The number of aromatic nitrogens is 2. The summed E-state index contributed by atoms with van der Waals surface area (Å²) < 4.78 is 5.52. The summed E-state index contributed by atoms with van der Waals surface area (Å²) in [5.41, 5.74) is 2.68. The molecule has 2 heterocycles. The van der Waals surface area contributed by atoms with Crippen molar-refractivity contribution in [3.05, 3.63) is 41.5 Å². The van der Waals surface area contributed by atoms with Crippen LogP contribution >= 0.6 is 0 Å². The summed E-state index contributed by atoms with van der Waals surface area (Å²) >= 11 is 0. The number of likely N-dealkylation sites (N-methyl/N-ethyl adjacent to an activating group) is 1. The van der Waals surface area contributed by atoms with Crippen LogP contribution in [0.5, 0.6) is 0 Å². The maximum absolute atomic E-state index is 5.52. The molecule has 5 heteroatoms. The fourth-order valence-electron chi connectivity index (χ4n) is 3.12. The van der Waals surface area contributed by atoms with Gasteiger partial charge in [-0.05, 0) is 31.4 Å². The molecule has 1 unspecified atom stereocenters. The van der Waals surface area contributed by atoms with Gasteiger partial charge in [0.15, 0.2) is 5.82 Å². The third kappa shape index (κ3) is 2.50. The van der Waals surface area contributed by atoms with Gasteiger partial charge in [-0.3, -0.25) is 4.90 Å². The molecule has 2 aliphatic rings. The lowest BCUT2D eigenvalue weighted by molar-refractivity contribution is 0.172. The molecule has 1 aromatic heterocycles. The van der Waals surface area contributed by atoms with E-state index in [4.69, 9.17) is 4.52 Å². The van der Waals surface area contributed by atoms with Gasteiger partial charge in [-0.15, -0.1) is 0 Å². The van der Waals surface area contributed by atoms with E-state index in [0.29, 0.717) is 5.92 Å². The predicted octanol–water partition coefficient (Wildman–Crippen LogP) is 2.96. The third-order valence-corrected chi connectivity index (χ3v) is 4.80. The molecule has 0 radical (unpaired) electrons. The first-order valence-electron chi connectivity index (χ1n) is 8.09. The first kappa shape index (κ1) is 13.8. The molecular formula is C17H22N4O. The molecule has 1 saturated carbocycles. The van der Waals surface area contributed by atoms with Crippen LogP contribution in [0.15, 0.2) is 28.8 Å². The summed E-state index contributed by atoms with van der Waals surface area (Å²) in [6.07, 6.45) is 2.41. The molecule has 0 saturated heterocycles. The minimum atomic E-state index is 0.152. The highest BCUT2D eigenvalue weighted by Gasteiger charge is 2.31. The molecule has 1 atom stereocenters. The van der Waals surface area contributed by atoms with E-state index in [1.165, 1.54) is 24.1 Å². The monoisotopic (exact) mass is 298 g/mol. The fourth-order valence-corrected chi connectivity index (χ4v) is 3.12. The summed E-state index contributed by atoms with van der Waals surface area (Å²) in [4.78, 5) is 9.37. The van der Waals surface area contributed by atoms with E-state index in [9.17, 15) is 0 Å². The molecule has 1 aliphatic carbocycles. The van der Waals surface area contributed by atoms with Crippen molar-refractivity contribution >= 4 is 5.69 Å². The number of benzene rings is 1. The predicted molar refractivity (Wildman–Crippen MR) is 84.8 cm³/mol. The van der Waals surface area contributed by atoms with Crippen molar-refractivity contribution in [2.45, 2.75) is 38.3 Å². The molecule has 2 aromatic rings. The van der Waals surface area contributed by atoms with Gasteiger partial charge >= 0.3 is 0 Å². The SMILES string of the molecule is CC(c1nc(C2CC2)no1)N1CCN(C)c2ccccc2C1. The first-order chi connectivity index (χ1) is 10.7. The normalized spacial score (nSPS) is 20.5. The van der Waals surface area contributed by atoms with Gasteiger partial charge in [-0.2, -0.15) is 4.98 Å². The highest BCUT2D eigenvalue weighted by molar-refractivity contribution is 5.53. The number of fused-ring (bicyclic) bond motifs is 1. The maximum Gasteiger partial charge on any atom is 0.243 e. The van der Waals surface area contributed by atoms with Crippen LogP contribution in [0.25, 0.3) is 0 Å². The van der Waals surface area contributed by atoms with Crippen LogP contribution in [0.2, 0.25) is 0 Å². The molecule has 0 amide bonds. The van der Waals surface area contributed by atoms with Gasteiger partial charge < -0.3 is 9.42 Å². The van der Waals surface area contributed by atoms with Crippen molar-refractivity contribution in [2.24, 2.45) is 0 Å². The molecule has 5 nitrogen and oxygen atoms in total. The molecule has 1 fully saturated rings. The Bertz CT molecular complexity index is 664. The molecule has 0 bridgehead atoms. The Labute approximate surface area is 130 Å². The van der Waals surface area contributed by atoms with Crippen molar-refractivity contribution < 1.29 is 4.52 Å². The Morgan fingerprint density at radius 2 is 2.05 bits per heavy atom. The van der Waals surface area contributed by atoms with Crippen LogP contribution in [0.3, 0.4) is 0 Å². The second-order valence-electron chi connectivity index (χ2n) is 6.46. The van der Waals surface area contributed by atoms with Crippen molar-refractivity contribution in [2.75, 3.05) is 25.0 Å². The molecule has 0 N–H and O–H groups in total. The van der Waals surface area contributed by atoms with Crippen LogP contribution < -0.4 is 4.90 Å². The molecule has 22 heavy (non-hydrogen) atoms. The van der Waals surface area contributed by atoms with E-state index in [2.05, 4.69) is 58.2 Å². The lowest BCUT2D eigenvalue weighted by Gasteiger charge is -2.24. The zero-order valence-electron chi connectivity index (χ0n) is 13.2. The summed E-state index contributed by atoms with van der Waals surface area (Å²) in [6.45, 7) is 5.08. The van der Waals surface area contributed by atoms with Crippen LogP contribution in [0, 0.1) is 0 Å². The Morgan fingerprint density at radius 3 is 2.86 bits per heavy atom. The fraction of sp³-hybridized carbons (Fsp3) is 0.529. The van der Waals surface area contributed by atoms with E-state index < -0.39 is 0 Å². The second kappa shape index (κ2) is 5.39. The standard InChI is InChI=1S/C17H22N4O/c1-12(17-18-16(19-22-17)13-7-8-13)21-10-9-20(2)15-6-4-3-5-14(15)11-21/h3-6,12-13H,7-11H2,1-2H3. The molecule has 1 aliphatic heterocycles. The topological polar surface area (TPSA) is 45.4 Å². The van der Waals surface area contributed by atoms with Crippen molar-refractivity contribution in [1.82, 2.24) is 15.0 Å². The van der Waals surface area contributed by atoms with Gasteiger partial charge in [-0.1, -0.05) is 23.4 Å². The molecule has 1 aromatic carbocycles. The van der Waals surface area contributed by atoms with E-state index in [0.717, 1.165) is 31.3 Å². The zero-order valence-corrected chi connectivity index (χ0v) is 13.2. The molecule has 116 valence electrons. The van der Waals surface area contributed by atoms with Crippen molar-refractivity contribution in [1.29, 1.82) is 0 Å². The Hall–Kier alpha value is -1.88. The summed E-state index contributed by atoms with van der Waals surface area (Å²) in [5, 5.41) is 4.15. The van der Waals surface area contributed by atoms with Crippen LogP contribution in [-0.2, 0) is 6.54 Å². The molecule has 0 spiro atoms. The maximum atomic E-state index is 5.52. The lowest BCUT2D eigenvalue weighted by atomic mass is 10.1. The molecule has 4 rings (SSSR count). The van der Waals surface area contributed by atoms with Gasteiger partial charge in [-0.25, -0.2) is 0 Å². The number of hydrogen-bond acceptors (Lipinski definition) is 5. The van der Waals surface area contributed by atoms with Gasteiger partial charge in [0, 0.05) is 38.3 Å². The van der Waals surface area contributed by atoms with Gasteiger partial charge in [0.1, 0.15) is 0 Å². The van der Waals surface area contributed by atoms with Crippen LogP contribution in [-0.4, -0.2) is 35.2 Å². The minimum absolute atomic E-state index is 0.152. The Morgan fingerprint density at radius 1 is 1.23 bits per heavy atom. The Kier molecular flexibility index (Phi) is 3.37. The average molecular weight is 298 g/mol. The second-order valence-corrected chi connectivity index (χ2v) is 6.46. The largest absolute Gasteiger partial charge is 0.373 e. The van der Waals surface area contributed by atoms with Crippen molar-refractivity contribution in [3.8, 4) is 0 Å². The average Bonchev–Trinajstić information content (AvgIpc) is 3.30. The van der Waals surface area contributed by atoms with Gasteiger partial charge in [0.05, 0.1) is 6.04 Å². The summed E-state index contributed by atoms with van der Waals surface area (Å²) in [7, 11) is 2.16. The minimum Gasteiger partial charge on any atom is -0.373 e. The summed E-state index contributed by atoms with van der Waals surface area (Å²) in [6, 6.07) is 8.77. The highest BCUT2D eigenvalue weighted by Crippen LogP contribution is 2.39. The van der Waals surface area contributed by atoms with E-state index in [-0.39, 0.29) is 6.04 Å². The van der Waals surface area contributed by atoms with E-state index >= 15 is 0 Å². The lowest BCUT2D eigenvalue weighted by Crippen LogP contribution is -2.31. The quantitative estimate of drug-likeness (QED) is 0.871. The van der Waals surface area contributed by atoms with Gasteiger partial charge in [0.2, 0.25) is 5.89 Å². The number of nitrogens with zero attached hydrogens (tertiary/aromatic N) is 4. The van der Waals surface area contributed by atoms with E-state index in [1.54, 1.807) is 0 Å². The van der Waals surface area contributed by atoms with Crippen molar-refractivity contribution in [3.63, 3.8) is 0 Å². The zero-order chi connectivity index (χ0) is 15.1. The molecular weight excluding hydrogens is 276 g/mol. The number of hydrogen-bond donors (Lipinski definition) is 0.